The Morgan fingerprint density at radius 3 is 2.60 bits per heavy atom. The van der Waals surface area contributed by atoms with Crippen molar-refractivity contribution in [1.29, 1.82) is 0 Å². The van der Waals surface area contributed by atoms with E-state index in [0.29, 0.717) is 12.1 Å². The molecule has 0 saturated carbocycles. The minimum Gasteiger partial charge on any atom is -0.333 e. The van der Waals surface area contributed by atoms with Crippen molar-refractivity contribution in [3.63, 3.8) is 0 Å². The van der Waals surface area contributed by atoms with E-state index in [4.69, 9.17) is 0 Å². The number of anilines is 1. The Hall–Kier alpha value is -2.53. The molecular formula is C20H20N2O2S. The van der Waals surface area contributed by atoms with Crippen LogP contribution in [0.25, 0.3) is 0 Å². The fourth-order valence-electron chi connectivity index (χ4n) is 2.77. The Morgan fingerprint density at radius 1 is 1.16 bits per heavy atom. The van der Waals surface area contributed by atoms with Crippen molar-refractivity contribution in [3.8, 4) is 0 Å². The molecule has 0 atom stereocenters. The van der Waals surface area contributed by atoms with Gasteiger partial charge < -0.3 is 9.80 Å². The highest BCUT2D eigenvalue weighted by atomic mass is 32.2. The summed E-state index contributed by atoms with van der Waals surface area (Å²) < 4.78 is 0. The summed E-state index contributed by atoms with van der Waals surface area (Å²) in [6, 6.07) is 15.3. The fourth-order valence-corrected chi connectivity index (χ4v) is 3.80. The first-order valence-corrected chi connectivity index (χ1v) is 9.09. The number of carbonyl (C=O) groups is 2. The van der Waals surface area contributed by atoms with Crippen LogP contribution >= 0.6 is 11.8 Å². The first-order chi connectivity index (χ1) is 12.1. The van der Waals surface area contributed by atoms with Crippen LogP contribution in [0.3, 0.4) is 0 Å². The second kappa shape index (κ2) is 7.57. The van der Waals surface area contributed by atoms with Crippen LogP contribution in [0.2, 0.25) is 0 Å². The second-order valence-electron chi connectivity index (χ2n) is 5.83. The van der Waals surface area contributed by atoms with Gasteiger partial charge in [-0.2, -0.15) is 0 Å². The first kappa shape index (κ1) is 17.3. The molecule has 0 unspecified atom stereocenters. The molecule has 0 aliphatic carbocycles. The minimum absolute atomic E-state index is 0.0153. The van der Waals surface area contributed by atoms with Crippen LogP contribution in [0.1, 0.15) is 15.9 Å². The molecule has 4 nitrogen and oxygen atoms in total. The zero-order valence-electron chi connectivity index (χ0n) is 14.1. The van der Waals surface area contributed by atoms with Gasteiger partial charge in [0.05, 0.1) is 0 Å². The number of carbonyl (C=O) groups excluding carboxylic acids is 2. The number of likely N-dealkylation sites (N-methyl/N-ethyl adjacent to an activating group) is 1. The van der Waals surface area contributed by atoms with Gasteiger partial charge in [0.25, 0.3) is 5.91 Å². The van der Waals surface area contributed by atoms with Gasteiger partial charge in [-0.1, -0.05) is 24.8 Å². The van der Waals surface area contributed by atoms with Gasteiger partial charge >= 0.3 is 0 Å². The molecule has 2 amide bonds. The highest BCUT2D eigenvalue weighted by Crippen LogP contribution is 2.28. The van der Waals surface area contributed by atoms with Crippen LogP contribution in [0.4, 0.5) is 5.69 Å². The number of hydrogen-bond acceptors (Lipinski definition) is 3. The number of thioether (sulfide) groups is 1. The van der Waals surface area contributed by atoms with E-state index >= 15 is 0 Å². The number of benzene rings is 2. The molecule has 1 heterocycles. The van der Waals surface area contributed by atoms with E-state index in [-0.39, 0.29) is 11.8 Å². The van der Waals surface area contributed by atoms with Gasteiger partial charge in [0.15, 0.2) is 0 Å². The Kier molecular flexibility index (Phi) is 5.24. The molecule has 0 aromatic heterocycles. The normalized spacial score (nSPS) is 13.6. The van der Waals surface area contributed by atoms with E-state index in [2.05, 4.69) is 18.7 Å². The van der Waals surface area contributed by atoms with Crippen LogP contribution in [-0.2, 0) is 11.3 Å². The average Bonchev–Trinajstić information content (AvgIpc) is 2.88. The Bertz CT molecular complexity index is 802. The molecule has 128 valence electrons. The van der Waals surface area contributed by atoms with E-state index in [1.54, 1.807) is 43.1 Å². The largest absolute Gasteiger partial charge is 0.333 e. The summed E-state index contributed by atoms with van der Waals surface area (Å²) in [6.07, 6.45) is 1.27. The lowest BCUT2D eigenvalue weighted by Crippen LogP contribution is -2.31. The lowest BCUT2D eigenvalue weighted by Gasteiger charge is -2.21. The van der Waals surface area contributed by atoms with Crippen molar-refractivity contribution in [2.24, 2.45) is 0 Å². The van der Waals surface area contributed by atoms with E-state index in [1.165, 1.54) is 21.4 Å². The lowest BCUT2D eigenvalue weighted by atomic mass is 10.1. The summed E-state index contributed by atoms with van der Waals surface area (Å²) in [4.78, 5) is 29.1. The van der Waals surface area contributed by atoms with E-state index < -0.39 is 0 Å². The van der Waals surface area contributed by atoms with Crippen LogP contribution in [0, 0.1) is 0 Å². The number of hydrogen-bond donors (Lipinski definition) is 0. The molecule has 0 fully saturated rings. The number of nitrogens with zero attached hydrogens (tertiary/aromatic N) is 2. The highest BCUT2D eigenvalue weighted by Gasteiger charge is 2.20. The predicted molar refractivity (Wildman–Crippen MR) is 102 cm³/mol. The third-order valence-corrected chi connectivity index (χ3v) is 5.34. The fraction of sp³-hybridized carbons (Fsp3) is 0.200. The Labute approximate surface area is 152 Å². The monoisotopic (exact) mass is 352 g/mol. The number of fused-ring (bicyclic) bond motifs is 1. The van der Waals surface area contributed by atoms with Gasteiger partial charge in [0.2, 0.25) is 5.91 Å². The Morgan fingerprint density at radius 2 is 1.88 bits per heavy atom. The van der Waals surface area contributed by atoms with E-state index in [9.17, 15) is 9.59 Å². The summed E-state index contributed by atoms with van der Waals surface area (Å²) in [5.74, 6) is 0.721. The summed E-state index contributed by atoms with van der Waals surface area (Å²) >= 11 is 1.79. The lowest BCUT2D eigenvalue weighted by molar-refractivity contribution is -0.113. The summed E-state index contributed by atoms with van der Waals surface area (Å²) in [6.45, 7) is 4.83. The molecule has 0 bridgehead atoms. The molecular weight excluding hydrogens is 332 g/mol. The molecule has 1 aliphatic heterocycles. The molecule has 0 N–H and O–H groups in total. The van der Waals surface area contributed by atoms with Gasteiger partial charge in [-0.15, -0.1) is 11.8 Å². The van der Waals surface area contributed by atoms with Gasteiger partial charge in [-0.3, -0.25) is 9.59 Å². The van der Waals surface area contributed by atoms with Crippen molar-refractivity contribution in [3.05, 3.63) is 72.3 Å². The molecule has 0 spiro atoms. The van der Waals surface area contributed by atoms with Crippen molar-refractivity contribution >= 4 is 29.3 Å². The number of rotatable bonds is 3. The maximum Gasteiger partial charge on any atom is 0.254 e. The number of amides is 2. The zero-order valence-corrected chi connectivity index (χ0v) is 15.0. The molecule has 2 aromatic carbocycles. The van der Waals surface area contributed by atoms with Crippen LogP contribution < -0.4 is 4.90 Å². The molecule has 5 heteroatoms. The summed E-state index contributed by atoms with van der Waals surface area (Å²) in [7, 11) is 1.68. The van der Waals surface area contributed by atoms with E-state index in [0.717, 1.165) is 18.0 Å². The van der Waals surface area contributed by atoms with Crippen molar-refractivity contribution in [1.82, 2.24) is 4.90 Å². The summed E-state index contributed by atoms with van der Waals surface area (Å²) in [5.41, 5.74) is 2.55. The van der Waals surface area contributed by atoms with Crippen molar-refractivity contribution in [2.75, 3.05) is 24.2 Å². The van der Waals surface area contributed by atoms with E-state index in [1.807, 2.05) is 17.0 Å². The maximum atomic E-state index is 12.9. The van der Waals surface area contributed by atoms with Gasteiger partial charge in [-0.05, 0) is 42.0 Å². The molecule has 2 aromatic rings. The van der Waals surface area contributed by atoms with Crippen LogP contribution in [0.5, 0.6) is 0 Å². The minimum atomic E-state index is -0.180. The molecule has 0 saturated heterocycles. The smallest absolute Gasteiger partial charge is 0.254 e. The molecule has 25 heavy (non-hydrogen) atoms. The third kappa shape index (κ3) is 3.77. The average molecular weight is 352 g/mol. The maximum absolute atomic E-state index is 12.9. The topological polar surface area (TPSA) is 40.6 Å². The second-order valence-corrected chi connectivity index (χ2v) is 6.97. The highest BCUT2D eigenvalue weighted by molar-refractivity contribution is 7.99. The van der Waals surface area contributed by atoms with Gasteiger partial charge in [0.1, 0.15) is 0 Å². The predicted octanol–water partition coefficient (Wildman–Crippen LogP) is 3.58. The summed E-state index contributed by atoms with van der Waals surface area (Å²) in [5, 5.41) is 0. The molecule has 0 radical (unpaired) electrons. The molecule has 1 aliphatic rings. The molecule has 3 rings (SSSR count). The SMILES string of the molecule is C=CC(=O)N(C)c1ccc(C(=O)N2CCSc3ccccc3C2)cc1. The third-order valence-electron chi connectivity index (χ3n) is 4.25. The van der Waals surface area contributed by atoms with Gasteiger partial charge in [-0.25, -0.2) is 0 Å². The van der Waals surface area contributed by atoms with Gasteiger partial charge in [0, 0.05) is 42.0 Å². The first-order valence-electron chi connectivity index (χ1n) is 8.10. The van der Waals surface area contributed by atoms with Crippen molar-refractivity contribution in [2.45, 2.75) is 11.4 Å². The van der Waals surface area contributed by atoms with Crippen LogP contribution in [0.15, 0.2) is 66.1 Å². The zero-order chi connectivity index (χ0) is 17.8. The quantitative estimate of drug-likeness (QED) is 0.793. The van der Waals surface area contributed by atoms with Crippen LogP contribution in [-0.4, -0.2) is 36.1 Å². The standard InChI is InChI=1S/C20H20N2O2S/c1-3-19(23)21(2)17-10-8-15(9-11-17)20(24)22-12-13-25-18-7-5-4-6-16(18)14-22/h3-11H,1,12-14H2,2H3. The Balaban J connectivity index is 1.77. The van der Waals surface area contributed by atoms with Crippen molar-refractivity contribution < 1.29 is 9.59 Å².